The van der Waals surface area contributed by atoms with Crippen molar-refractivity contribution < 1.29 is 23.0 Å². The van der Waals surface area contributed by atoms with Crippen LogP contribution in [0, 0.1) is 11.8 Å². The summed E-state index contributed by atoms with van der Waals surface area (Å²) in [7, 11) is 0. The largest absolute Gasteiger partial charge is 0.492 e. The summed E-state index contributed by atoms with van der Waals surface area (Å²) in [6.07, 6.45) is 1.06. The number of aromatic nitrogens is 2. The summed E-state index contributed by atoms with van der Waals surface area (Å²) in [5, 5.41) is 3.24. The summed E-state index contributed by atoms with van der Waals surface area (Å²) in [6, 6.07) is 10.7. The maximum atomic E-state index is 13.8. The van der Waals surface area contributed by atoms with Gasteiger partial charge in [-0.3, -0.25) is 9.69 Å². The first-order valence-electron chi connectivity index (χ1n) is 9.93. The molecule has 0 radical (unpaired) electrons. The van der Waals surface area contributed by atoms with Crippen LogP contribution in [0.2, 0.25) is 10.2 Å². The molecule has 7 nitrogen and oxygen atoms in total. The second-order valence-corrected chi connectivity index (χ2v) is 8.06. The lowest BCUT2D eigenvalue weighted by Crippen LogP contribution is -2.54. The fourth-order valence-electron chi connectivity index (χ4n) is 3.13. The first kappa shape index (κ1) is 23.2. The number of benzene rings is 1. The molecule has 0 aliphatic carbocycles. The van der Waals surface area contributed by atoms with E-state index in [0.29, 0.717) is 31.3 Å². The van der Waals surface area contributed by atoms with Gasteiger partial charge in [0, 0.05) is 42.5 Å². The van der Waals surface area contributed by atoms with Gasteiger partial charge in [0.1, 0.15) is 29.3 Å². The average molecular weight is 495 g/mol. The average Bonchev–Trinajstić information content (AvgIpc) is 2.76. The molecule has 2 aromatic heterocycles. The Balaban J connectivity index is 1.32. The SMILES string of the molecule is O=C(Nc1cc(F)c(F)nc1OC1CN(CCOc2ccc(Cl)cc2)C1)c1ccnc(Cl)c1. The van der Waals surface area contributed by atoms with Crippen molar-refractivity contribution >= 4 is 34.8 Å². The zero-order chi connectivity index (χ0) is 23.4. The smallest absolute Gasteiger partial charge is 0.255 e. The van der Waals surface area contributed by atoms with Gasteiger partial charge in [-0.2, -0.15) is 9.37 Å². The Labute approximate surface area is 198 Å². The Kier molecular flexibility index (Phi) is 7.22. The number of ether oxygens (including phenoxy) is 2. The molecule has 1 N–H and O–H groups in total. The van der Waals surface area contributed by atoms with E-state index in [0.717, 1.165) is 11.8 Å². The lowest BCUT2D eigenvalue weighted by atomic mass is 10.1. The van der Waals surface area contributed by atoms with E-state index in [2.05, 4.69) is 20.2 Å². The number of hydrogen-bond acceptors (Lipinski definition) is 6. The molecular weight excluding hydrogens is 477 g/mol. The van der Waals surface area contributed by atoms with Crippen LogP contribution in [0.25, 0.3) is 0 Å². The van der Waals surface area contributed by atoms with E-state index >= 15 is 0 Å². The Morgan fingerprint density at radius 1 is 1.15 bits per heavy atom. The molecule has 33 heavy (non-hydrogen) atoms. The van der Waals surface area contributed by atoms with Gasteiger partial charge in [-0.15, -0.1) is 0 Å². The summed E-state index contributed by atoms with van der Waals surface area (Å²) in [6.45, 7) is 2.20. The number of halogens is 4. The highest BCUT2D eigenvalue weighted by molar-refractivity contribution is 6.30. The van der Waals surface area contributed by atoms with Gasteiger partial charge < -0.3 is 14.8 Å². The second kappa shape index (κ2) is 10.3. The number of pyridine rings is 2. The van der Waals surface area contributed by atoms with Gasteiger partial charge in [0.2, 0.25) is 5.88 Å². The van der Waals surface area contributed by atoms with Crippen molar-refractivity contribution in [1.29, 1.82) is 0 Å². The van der Waals surface area contributed by atoms with Crippen LogP contribution in [0.15, 0.2) is 48.7 Å². The Morgan fingerprint density at radius 3 is 2.64 bits per heavy atom. The molecule has 172 valence electrons. The van der Waals surface area contributed by atoms with Crippen molar-refractivity contribution in [2.45, 2.75) is 6.10 Å². The van der Waals surface area contributed by atoms with Gasteiger partial charge in [-0.25, -0.2) is 9.37 Å². The van der Waals surface area contributed by atoms with Crippen molar-refractivity contribution in [1.82, 2.24) is 14.9 Å². The number of hydrogen-bond donors (Lipinski definition) is 1. The number of nitrogens with one attached hydrogen (secondary N) is 1. The van der Waals surface area contributed by atoms with Crippen molar-refractivity contribution in [2.24, 2.45) is 0 Å². The molecule has 0 unspecified atom stereocenters. The first-order valence-corrected chi connectivity index (χ1v) is 10.7. The van der Waals surface area contributed by atoms with E-state index < -0.39 is 17.7 Å². The van der Waals surface area contributed by atoms with Crippen LogP contribution < -0.4 is 14.8 Å². The van der Waals surface area contributed by atoms with Crippen LogP contribution in [0.3, 0.4) is 0 Å². The van der Waals surface area contributed by atoms with Crippen LogP contribution >= 0.6 is 23.2 Å². The summed E-state index contributed by atoms with van der Waals surface area (Å²) in [4.78, 5) is 21.9. The lowest BCUT2D eigenvalue weighted by Gasteiger charge is -2.38. The molecule has 0 atom stereocenters. The Hall–Kier alpha value is -3.01. The van der Waals surface area contributed by atoms with E-state index in [-0.39, 0.29) is 28.4 Å². The summed E-state index contributed by atoms with van der Waals surface area (Å²) in [5.41, 5.74) is 0.109. The van der Waals surface area contributed by atoms with E-state index in [1.54, 1.807) is 24.3 Å². The fourth-order valence-corrected chi connectivity index (χ4v) is 3.43. The topological polar surface area (TPSA) is 76.6 Å². The molecule has 4 rings (SSSR count). The minimum atomic E-state index is -1.32. The number of amides is 1. The van der Waals surface area contributed by atoms with E-state index in [4.69, 9.17) is 32.7 Å². The molecule has 3 aromatic rings. The molecule has 3 heterocycles. The molecule has 1 aliphatic heterocycles. The number of carbonyl (C=O) groups is 1. The maximum Gasteiger partial charge on any atom is 0.255 e. The molecule has 0 spiro atoms. The van der Waals surface area contributed by atoms with Gasteiger partial charge in [0.05, 0.1) is 0 Å². The van der Waals surface area contributed by atoms with Gasteiger partial charge in [-0.05, 0) is 36.4 Å². The highest BCUT2D eigenvalue weighted by Gasteiger charge is 2.30. The molecule has 1 amide bonds. The predicted octanol–water partition coefficient (Wildman–Crippen LogP) is 4.46. The molecule has 0 saturated carbocycles. The quantitative estimate of drug-likeness (QED) is 0.466. The van der Waals surface area contributed by atoms with E-state index in [1.807, 2.05) is 0 Å². The van der Waals surface area contributed by atoms with Crippen molar-refractivity contribution in [3.8, 4) is 11.6 Å². The normalized spacial score (nSPS) is 13.9. The predicted molar refractivity (Wildman–Crippen MR) is 119 cm³/mol. The Bertz CT molecular complexity index is 1140. The van der Waals surface area contributed by atoms with E-state index in [1.165, 1.54) is 18.3 Å². The third-order valence-corrected chi connectivity index (χ3v) is 5.29. The first-order chi connectivity index (χ1) is 15.9. The third-order valence-electron chi connectivity index (χ3n) is 4.83. The summed E-state index contributed by atoms with van der Waals surface area (Å²) >= 11 is 11.6. The van der Waals surface area contributed by atoms with Crippen LogP contribution in [-0.4, -0.2) is 53.1 Å². The third kappa shape index (κ3) is 6.07. The molecule has 1 fully saturated rings. The molecule has 1 aromatic carbocycles. The molecule has 1 saturated heterocycles. The van der Waals surface area contributed by atoms with Gasteiger partial charge in [0.15, 0.2) is 5.82 Å². The standard InChI is InChI=1S/C22H18Cl2F2N4O3/c23-14-1-3-15(4-2-14)32-8-7-30-11-16(12-30)33-22-18(10-17(25)20(26)29-22)28-21(31)13-5-6-27-19(24)9-13/h1-6,9-10,16H,7-8,11-12H2,(H,28,31). The minimum Gasteiger partial charge on any atom is -0.492 e. The molecular formula is C22H18Cl2F2N4O3. The number of likely N-dealkylation sites (tertiary alicyclic amines) is 1. The minimum absolute atomic E-state index is 0.0867. The van der Waals surface area contributed by atoms with Crippen LogP contribution in [-0.2, 0) is 0 Å². The molecule has 0 bridgehead atoms. The number of anilines is 1. The number of nitrogens with zero attached hydrogens (tertiary/aromatic N) is 3. The van der Waals surface area contributed by atoms with Gasteiger partial charge >= 0.3 is 0 Å². The van der Waals surface area contributed by atoms with Gasteiger partial charge in [0.25, 0.3) is 11.9 Å². The van der Waals surface area contributed by atoms with Crippen molar-refractivity contribution in [2.75, 3.05) is 31.6 Å². The summed E-state index contributed by atoms with van der Waals surface area (Å²) < 4.78 is 38.9. The highest BCUT2D eigenvalue weighted by Crippen LogP contribution is 2.28. The maximum absolute atomic E-state index is 13.8. The van der Waals surface area contributed by atoms with Gasteiger partial charge in [-0.1, -0.05) is 23.2 Å². The zero-order valence-corrected chi connectivity index (χ0v) is 18.6. The van der Waals surface area contributed by atoms with E-state index in [9.17, 15) is 13.6 Å². The highest BCUT2D eigenvalue weighted by atomic mass is 35.5. The molecule has 1 aliphatic rings. The van der Waals surface area contributed by atoms with Crippen molar-refractivity contribution in [3.63, 3.8) is 0 Å². The monoisotopic (exact) mass is 494 g/mol. The number of rotatable bonds is 8. The van der Waals surface area contributed by atoms with Crippen LogP contribution in [0.5, 0.6) is 11.6 Å². The fraction of sp³-hybridized carbons (Fsp3) is 0.227. The van der Waals surface area contributed by atoms with Crippen LogP contribution in [0.1, 0.15) is 10.4 Å². The molecule has 11 heteroatoms. The van der Waals surface area contributed by atoms with Crippen molar-refractivity contribution in [3.05, 3.63) is 76.2 Å². The summed E-state index contributed by atoms with van der Waals surface area (Å²) in [5.74, 6) is -2.60. The Morgan fingerprint density at radius 2 is 1.91 bits per heavy atom. The number of carbonyl (C=O) groups excluding carboxylic acids is 1. The lowest BCUT2D eigenvalue weighted by molar-refractivity contribution is 0.0100. The second-order valence-electron chi connectivity index (χ2n) is 7.24. The van der Waals surface area contributed by atoms with Crippen LogP contribution in [0.4, 0.5) is 14.5 Å². The zero-order valence-electron chi connectivity index (χ0n) is 17.1.